The lowest BCUT2D eigenvalue weighted by Crippen LogP contribution is -2.01. The number of ketones is 1. The number of nitrogens with zero attached hydrogens (tertiary/aromatic N) is 1. The summed E-state index contributed by atoms with van der Waals surface area (Å²) in [7, 11) is 0. The van der Waals surface area contributed by atoms with Gasteiger partial charge in [0.05, 0.1) is 18.2 Å². The monoisotopic (exact) mass is 341 g/mol. The van der Waals surface area contributed by atoms with Crippen molar-refractivity contribution in [1.82, 2.24) is 0 Å². The second-order valence-electron chi connectivity index (χ2n) is 5.97. The van der Waals surface area contributed by atoms with Gasteiger partial charge in [-0.25, -0.2) is 0 Å². The minimum Gasteiger partial charge on any atom is -0.494 e. The Labute approximate surface area is 153 Å². The van der Waals surface area contributed by atoms with Crippen molar-refractivity contribution in [2.45, 2.75) is 13.3 Å². The summed E-state index contributed by atoms with van der Waals surface area (Å²) in [6, 6.07) is 24.2. The molecule has 0 aliphatic carbocycles. The zero-order valence-corrected chi connectivity index (χ0v) is 14.6. The van der Waals surface area contributed by atoms with Gasteiger partial charge in [-0.05, 0) is 53.9 Å². The highest BCUT2D eigenvalue weighted by Gasteiger charge is 2.09. The smallest absolute Gasteiger partial charge is 0.193 e. The van der Waals surface area contributed by atoms with E-state index in [9.17, 15) is 4.79 Å². The molecule has 0 N–H and O–H groups in total. The first-order valence-corrected chi connectivity index (χ1v) is 8.59. The SMILES string of the molecule is CCCOc1ccc(-c2ccc(C(=O)c3ccc(C#N)cc3)cc2)cc1. The number of nitriles is 1. The summed E-state index contributed by atoms with van der Waals surface area (Å²) in [5.74, 6) is 0.813. The molecule has 3 aromatic carbocycles. The van der Waals surface area contributed by atoms with Gasteiger partial charge in [0.2, 0.25) is 0 Å². The third kappa shape index (κ3) is 3.99. The molecular formula is C23H19NO2. The average molecular weight is 341 g/mol. The van der Waals surface area contributed by atoms with E-state index >= 15 is 0 Å². The van der Waals surface area contributed by atoms with Crippen LogP contribution in [0.4, 0.5) is 0 Å². The fourth-order valence-electron chi connectivity index (χ4n) is 2.64. The number of hydrogen-bond donors (Lipinski definition) is 0. The molecular weight excluding hydrogens is 322 g/mol. The predicted molar refractivity (Wildman–Crippen MR) is 102 cm³/mol. The lowest BCUT2D eigenvalue weighted by atomic mass is 9.99. The van der Waals surface area contributed by atoms with E-state index in [4.69, 9.17) is 10.00 Å². The van der Waals surface area contributed by atoms with Crippen LogP contribution in [0.3, 0.4) is 0 Å². The fourth-order valence-corrected chi connectivity index (χ4v) is 2.64. The number of rotatable bonds is 6. The Morgan fingerprint density at radius 2 is 1.35 bits per heavy atom. The number of hydrogen-bond acceptors (Lipinski definition) is 3. The molecule has 3 nitrogen and oxygen atoms in total. The van der Waals surface area contributed by atoms with Crippen molar-refractivity contribution in [3.8, 4) is 22.9 Å². The van der Waals surface area contributed by atoms with E-state index in [0.29, 0.717) is 23.3 Å². The Morgan fingerprint density at radius 3 is 1.85 bits per heavy atom. The first-order chi connectivity index (χ1) is 12.7. The third-order valence-electron chi connectivity index (χ3n) is 4.08. The van der Waals surface area contributed by atoms with Crippen LogP contribution in [-0.4, -0.2) is 12.4 Å². The van der Waals surface area contributed by atoms with Gasteiger partial charge in [-0.15, -0.1) is 0 Å². The molecule has 0 atom stereocenters. The molecule has 3 heteroatoms. The maximum absolute atomic E-state index is 12.5. The van der Waals surface area contributed by atoms with Crippen molar-refractivity contribution in [3.05, 3.63) is 89.5 Å². The topological polar surface area (TPSA) is 50.1 Å². The van der Waals surface area contributed by atoms with Crippen molar-refractivity contribution in [3.63, 3.8) is 0 Å². The van der Waals surface area contributed by atoms with Crippen LogP contribution in [0.5, 0.6) is 5.75 Å². The molecule has 3 aromatic rings. The molecule has 0 heterocycles. The molecule has 0 aliphatic rings. The van der Waals surface area contributed by atoms with Crippen LogP contribution in [0.2, 0.25) is 0 Å². The summed E-state index contributed by atoms with van der Waals surface area (Å²) in [6.07, 6.45) is 0.983. The summed E-state index contributed by atoms with van der Waals surface area (Å²) in [4.78, 5) is 12.5. The zero-order chi connectivity index (χ0) is 18.4. The van der Waals surface area contributed by atoms with Crippen LogP contribution in [0.15, 0.2) is 72.8 Å². The Balaban J connectivity index is 1.75. The molecule has 0 amide bonds. The molecule has 26 heavy (non-hydrogen) atoms. The van der Waals surface area contributed by atoms with E-state index in [2.05, 4.69) is 13.0 Å². The Morgan fingerprint density at radius 1 is 0.846 bits per heavy atom. The van der Waals surface area contributed by atoms with E-state index in [1.165, 1.54) is 0 Å². The third-order valence-corrected chi connectivity index (χ3v) is 4.08. The molecule has 3 rings (SSSR count). The predicted octanol–water partition coefficient (Wildman–Crippen LogP) is 5.25. The molecule has 0 aromatic heterocycles. The zero-order valence-electron chi connectivity index (χ0n) is 14.6. The summed E-state index contributed by atoms with van der Waals surface area (Å²) >= 11 is 0. The second-order valence-corrected chi connectivity index (χ2v) is 5.97. The Kier molecular flexibility index (Phi) is 5.46. The summed E-state index contributed by atoms with van der Waals surface area (Å²) < 4.78 is 5.60. The largest absolute Gasteiger partial charge is 0.494 e. The highest BCUT2D eigenvalue weighted by atomic mass is 16.5. The maximum Gasteiger partial charge on any atom is 0.193 e. The molecule has 128 valence electrons. The molecule has 0 aliphatic heterocycles. The number of benzene rings is 3. The van der Waals surface area contributed by atoms with Crippen molar-refractivity contribution < 1.29 is 9.53 Å². The number of carbonyl (C=O) groups excluding carboxylic acids is 1. The Bertz CT molecular complexity index is 918. The van der Waals surface area contributed by atoms with Crippen molar-refractivity contribution >= 4 is 5.78 Å². The van der Waals surface area contributed by atoms with Gasteiger partial charge >= 0.3 is 0 Å². The quantitative estimate of drug-likeness (QED) is 0.576. The van der Waals surface area contributed by atoms with Crippen molar-refractivity contribution in [1.29, 1.82) is 5.26 Å². The van der Waals surface area contributed by atoms with Crippen LogP contribution in [-0.2, 0) is 0 Å². The molecule has 0 spiro atoms. The van der Waals surface area contributed by atoms with Gasteiger partial charge in [-0.3, -0.25) is 4.79 Å². The summed E-state index contributed by atoms with van der Waals surface area (Å²) in [6.45, 7) is 2.79. The van der Waals surface area contributed by atoms with Gasteiger partial charge in [0.25, 0.3) is 0 Å². The average Bonchev–Trinajstić information content (AvgIpc) is 2.72. The van der Waals surface area contributed by atoms with E-state index in [1.54, 1.807) is 24.3 Å². The summed E-state index contributed by atoms with van der Waals surface area (Å²) in [5, 5.41) is 8.84. The van der Waals surface area contributed by atoms with E-state index in [1.807, 2.05) is 48.5 Å². The van der Waals surface area contributed by atoms with Crippen LogP contribution in [0.25, 0.3) is 11.1 Å². The lowest BCUT2D eigenvalue weighted by Gasteiger charge is -2.07. The molecule has 0 saturated heterocycles. The van der Waals surface area contributed by atoms with Crippen LogP contribution in [0.1, 0.15) is 34.8 Å². The van der Waals surface area contributed by atoms with E-state index in [0.717, 1.165) is 23.3 Å². The molecule has 0 unspecified atom stereocenters. The van der Waals surface area contributed by atoms with Gasteiger partial charge in [-0.1, -0.05) is 43.3 Å². The number of carbonyl (C=O) groups is 1. The van der Waals surface area contributed by atoms with Gasteiger partial charge in [0.15, 0.2) is 5.78 Å². The highest BCUT2D eigenvalue weighted by molar-refractivity contribution is 6.09. The molecule has 0 radical (unpaired) electrons. The van der Waals surface area contributed by atoms with Crippen LogP contribution in [0, 0.1) is 11.3 Å². The van der Waals surface area contributed by atoms with Gasteiger partial charge < -0.3 is 4.74 Å². The minimum atomic E-state index is -0.0515. The normalized spacial score (nSPS) is 10.2. The van der Waals surface area contributed by atoms with E-state index < -0.39 is 0 Å². The molecule has 0 bridgehead atoms. The van der Waals surface area contributed by atoms with Gasteiger partial charge in [0.1, 0.15) is 5.75 Å². The van der Waals surface area contributed by atoms with Crippen molar-refractivity contribution in [2.24, 2.45) is 0 Å². The molecule has 0 saturated carbocycles. The highest BCUT2D eigenvalue weighted by Crippen LogP contribution is 2.23. The van der Waals surface area contributed by atoms with Gasteiger partial charge in [0, 0.05) is 11.1 Å². The minimum absolute atomic E-state index is 0.0515. The van der Waals surface area contributed by atoms with Crippen molar-refractivity contribution in [2.75, 3.05) is 6.61 Å². The standard InChI is InChI=1S/C23H19NO2/c1-2-15-26-22-13-11-19(12-14-22)18-7-9-21(10-8-18)23(25)20-5-3-17(16-24)4-6-20/h3-14H,2,15H2,1H3. The second kappa shape index (κ2) is 8.13. The van der Waals surface area contributed by atoms with Crippen LogP contribution < -0.4 is 4.74 Å². The molecule has 0 fully saturated rings. The maximum atomic E-state index is 12.5. The van der Waals surface area contributed by atoms with E-state index in [-0.39, 0.29) is 5.78 Å². The lowest BCUT2D eigenvalue weighted by molar-refractivity contribution is 0.103. The van der Waals surface area contributed by atoms with Crippen LogP contribution >= 0.6 is 0 Å². The van der Waals surface area contributed by atoms with Gasteiger partial charge in [-0.2, -0.15) is 5.26 Å². The first kappa shape index (κ1) is 17.4. The summed E-state index contributed by atoms with van der Waals surface area (Å²) in [5.41, 5.74) is 3.87. The Hall–Kier alpha value is -3.38. The first-order valence-electron chi connectivity index (χ1n) is 8.59. The number of ether oxygens (including phenoxy) is 1. The fraction of sp³-hybridized carbons (Fsp3) is 0.130.